The van der Waals surface area contributed by atoms with Gasteiger partial charge in [0.25, 0.3) is 0 Å². The average Bonchev–Trinajstić information content (AvgIpc) is 2.66. The van der Waals surface area contributed by atoms with Gasteiger partial charge >= 0.3 is 0 Å². The van der Waals surface area contributed by atoms with E-state index in [0.29, 0.717) is 0 Å². The first-order valence-electron chi connectivity index (χ1n) is 6.12. The topological polar surface area (TPSA) is 12.0 Å². The van der Waals surface area contributed by atoms with Crippen molar-refractivity contribution < 1.29 is 0 Å². The molecule has 3 atom stereocenters. The summed E-state index contributed by atoms with van der Waals surface area (Å²) in [7, 11) is 0. The van der Waals surface area contributed by atoms with Gasteiger partial charge in [-0.15, -0.1) is 11.3 Å². The van der Waals surface area contributed by atoms with Crippen molar-refractivity contribution in [2.24, 2.45) is 11.8 Å². The van der Waals surface area contributed by atoms with Crippen LogP contribution in [0.15, 0.2) is 15.9 Å². The van der Waals surface area contributed by atoms with E-state index >= 15 is 0 Å². The molecule has 1 aliphatic carbocycles. The second-order valence-electron chi connectivity index (χ2n) is 5.05. The third-order valence-corrected chi connectivity index (χ3v) is 5.42. The summed E-state index contributed by atoms with van der Waals surface area (Å²) in [6.45, 7) is 5.81. The third-order valence-electron chi connectivity index (χ3n) is 3.79. The maximum atomic E-state index is 3.69. The van der Waals surface area contributed by atoms with Crippen LogP contribution in [0.25, 0.3) is 0 Å². The van der Waals surface area contributed by atoms with E-state index in [9.17, 15) is 0 Å². The van der Waals surface area contributed by atoms with Crippen LogP contribution in [0, 0.1) is 11.8 Å². The Hall–Kier alpha value is 0.140. The monoisotopic (exact) mass is 301 g/mol. The zero-order chi connectivity index (χ0) is 11.5. The lowest BCUT2D eigenvalue weighted by molar-refractivity contribution is 0.226. The van der Waals surface area contributed by atoms with Gasteiger partial charge in [0.05, 0.1) is 3.79 Å². The molecule has 16 heavy (non-hydrogen) atoms. The lowest BCUT2D eigenvalue weighted by Gasteiger charge is -2.32. The molecule has 1 fully saturated rings. The SMILES string of the molecule is CC1CCC(NCc2ccc(Br)s2)CC1C. The van der Waals surface area contributed by atoms with E-state index < -0.39 is 0 Å². The number of rotatable bonds is 3. The van der Waals surface area contributed by atoms with E-state index in [2.05, 4.69) is 47.2 Å². The highest BCUT2D eigenvalue weighted by Gasteiger charge is 2.23. The average molecular weight is 302 g/mol. The lowest BCUT2D eigenvalue weighted by Crippen LogP contribution is -2.35. The van der Waals surface area contributed by atoms with E-state index in [4.69, 9.17) is 0 Å². The van der Waals surface area contributed by atoms with Crippen LogP contribution in [0.4, 0.5) is 0 Å². The predicted octanol–water partition coefficient (Wildman–Crippen LogP) is 4.42. The van der Waals surface area contributed by atoms with E-state index in [-0.39, 0.29) is 0 Å². The summed E-state index contributed by atoms with van der Waals surface area (Å²) in [5.74, 6) is 1.79. The summed E-state index contributed by atoms with van der Waals surface area (Å²) in [5, 5.41) is 3.69. The van der Waals surface area contributed by atoms with Gasteiger partial charge in [0.15, 0.2) is 0 Å². The number of hydrogen-bond acceptors (Lipinski definition) is 2. The Morgan fingerprint density at radius 1 is 1.31 bits per heavy atom. The molecule has 90 valence electrons. The maximum absolute atomic E-state index is 3.69. The Bertz CT molecular complexity index is 336. The number of hydrogen-bond donors (Lipinski definition) is 1. The second kappa shape index (κ2) is 5.65. The van der Waals surface area contributed by atoms with Crippen molar-refractivity contribution in [2.75, 3.05) is 0 Å². The zero-order valence-corrected chi connectivity index (χ0v) is 12.4. The van der Waals surface area contributed by atoms with Crippen LogP contribution in [0.5, 0.6) is 0 Å². The summed E-state index contributed by atoms with van der Waals surface area (Å²) in [5.41, 5.74) is 0. The summed E-state index contributed by atoms with van der Waals surface area (Å²) in [4.78, 5) is 1.43. The standard InChI is InChI=1S/C13H20BrNS/c1-9-3-4-11(7-10(9)2)15-8-12-5-6-13(14)16-12/h5-6,9-11,15H,3-4,7-8H2,1-2H3. The second-order valence-corrected chi connectivity index (χ2v) is 7.60. The summed E-state index contributed by atoms with van der Waals surface area (Å²) in [6.07, 6.45) is 4.07. The third kappa shape index (κ3) is 3.31. The van der Waals surface area contributed by atoms with Gasteiger partial charge in [0.2, 0.25) is 0 Å². The Labute approximate surface area is 111 Å². The lowest BCUT2D eigenvalue weighted by atomic mass is 9.79. The molecule has 0 aliphatic heterocycles. The van der Waals surface area contributed by atoms with Crippen LogP contribution in [0.1, 0.15) is 38.0 Å². The van der Waals surface area contributed by atoms with Gasteiger partial charge < -0.3 is 5.32 Å². The number of nitrogens with one attached hydrogen (secondary N) is 1. The van der Waals surface area contributed by atoms with Crippen LogP contribution in [0.2, 0.25) is 0 Å². The molecule has 3 heteroatoms. The number of halogens is 1. The van der Waals surface area contributed by atoms with Gasteiger partial charge in [-0.25, -0.2) is 0 Å². The highest BCUT2D eigenvalue weighted by molar-refractivity contribution is 9.11. The van der Waals surface area contributed by atoms with Crippen LogP contribution in [0.3, 0.4) is 0 Å². The van der Waals surface area contributed by atoms with Crippen molar-refractivity contribution in [3.63, 3.8) is 0 Å². The molecule has 1 aromatic rings. The molecule has 1 saturated carbocycles. The Balaban J connectivity index is 1.78. The molecule has 2 rings (SSSR count). The Morgan fingerprint density at radius 2 is 2.12 bits per heavy atom. The van der Waals surface area contributed by atoms with Crippen LogP contribution in [-0.4, -0.2) is 6.04 Å². The molecular formula is C13H20BrNS. The van der Waals surface area contributed by atoms with Gasteiger partial charge in [0, 0.05) is 17.5 Å². The fourth-order valence-corrected chi connectivity index (χ4v) is 3.86. The largest absolute Gasteiger partial charge is 0.309 e. The molecule has 3 unspecified atom stereocenters. The van der Waals surface area contributed by atoms with Crippen LogP contribution >= 0.6 is 27.3 Å². The maximum Gasteiger partial charge on any atom is 0.0701 e. The first-order valence-corrected chi connectivity index (χ1v) is 7.73. The molecule has 0 saturated heterocycles. The van der Waals surface area contributed by atoms with Crippen LogP contribution < -0.4 is 5.32 Å². The van der Waals surface area contributed by atoms with Crippen molar-refractivity contribution in [1.29, 1.82) is 0 Å². The molecule has 1 aliphatic rings. The molecule has 0 aromatic carbocycles. The fourth-order valence-electron chi connectivity index (χ4n) is 2.42. The van der Waals surface area contributed by atoms with E-state index in [1.54, 1.807) is 0 Å². The fraction of sp³-hybridized carbons (Fsp3) is 0.692. The minimum Gasteiger partial charge on any atom is -0.309 e. The molecule has 0 radical (unpaired) electrons. The molecule has 1 N–H and O–H groups in total. The van der Waals surface area contributed by atoms with Gasteiger partial charge in [0.1, 0.15) is 0 Å². The van der Waals surface area contributed by atoms with E-state index in [1.807, 2.05) is 11.3 Å². The first kappa shape index (κ1) is 12.6. The summed E-state index contributed by atoms with van der Waals surface area (Å²) in [6, 6.07) is 5.07. The summed E-state index contributed by atoms with van der Waals surface area (Å²) >= 11 is 5.34. The van der Waals surface area contributed by atoms with Crippen LogP contribution in [-0.2, 0) is 6.54 Å². The minimum absolute atomic E-state index is 0.729. The highest BCUT2D eigenvalue weighted by Crippen LogP contribution is 2.29. The van der Waals surface area contributed by atoms with Crippen molar-refractivity contribution in [3.8, 4) is 0 Å². The molecule has 1 aromatic heterocycles. The van der Waals surface area contributed by atoms with Crippen molar-refractivity contribution in [3.05, 3.63) is 20.8 Å². The normalized spacial score (nSPS) is 30.6. The van der Waals surface area contributed by atoms with Gasteiger partial charge in [-0.3, -0.25) is 0 Å². The molecule has 1 heterocycles. The summed E-state index contributed by atoms with van der Waals surface area (Å²) < 4.78 is 1.23. The van der Waals surface area contributed by atoms with Crippen molar-refractivity contribution >= 4 is 27.3 Å². The van der Waals surface area contributed by atoms with Crippen molar-refractivity contribution in [2.45, 2.75) is 45.7 Å². The number of thiophene rings is 1. The zero-order valence-electron chi connectivity index (χ0n) is 10.0. The minimum atomic E-state index is 0.729. The highest BCUT2D eigenvalue weighted by atomic mass is 79.9. The molecule has 0 amide bonds. The molecule has 0 spiro atoms. The van der Waals surface area contributed by atoms with Gasteiger partial charge in [-0.1, -0.05) is 13.8 Å². The Kier molecular flexibility index (Phi) is 4.45. The van der Waals surface area contributed by atoms with E-state index in [1.165, 1.54) is 27.9 Å². The Morgan fingerprint density at radius 3 is 2.75 bits per heavy atom. The van der Waals surface area contributed by atoms with E-state index in [0.717, 1.165) is 24.4 Å². The first-order chi connectivity index (χ1) is 7.65. The molecule has 1 nitrogen and oxygen atoms in total. The molecule has 0 bridgehead atoms. The predicted molar refractivity (Wildman–Crippen MR) is 74.8 cm³/mol. The van der Waals surface area contributed by atoms with Crippen molar-refractivity contribution in [1.82, 2.24) is 5.32 Å². The van der Waals surface area contributed by atoms with Gasteiger partial charge in [-0.05, 0) is 59.2 Å². The van der Waals surface area contributed by atoms with Gasteiger partial charge in [-0.2, -0.15) is 0 Å². The quantitative estimate of drug-likeness (QED) is 0.871. The smallest absolute Gasteiger partial charge is 0.0701 e. The molecular weight excluding hydrogens is 282 g/mol.